The highest BCUT2D eigenvalue weighted by molar-refractivity contribution is 6.30. The van der Waals surface area contributed by atoms with Gasteiger partial charge < -0.3 is 15.4 Å². The van der Waals surface area contributed by atoms with Crippen LogP contribution in [0.2, 0.25) is 5.02 Å². The number of halogens is 1. The average Bonchev–Trinajstić information content (AvgIpc) is 2.49. The normalized spacial score (nSPS) is 10.8. The maximum absolute atomic E-state index is 11.6. The van der Waals surface area contributed by atoms with Crippen LogP contribution in [0.5, 0.6) is 0 Å². The molecule has 0 aliphatic rings. The van der Waals surface area contributed by atoms with Crippen molar-refractivity contribution in [3.05, 3.63) is 46.6 Å². The molecule has 1 amide bonds. The van der Waals surface area contributed by atoms with Gasteiger partial charge in [0.2, 0.25) is 0 Å². The van der Waals surface area contributed by atoms with Crippen molar-refractivity contribution in [1.29, 1.82) is 5.26 Å². The van der Waals surface area contributed by atoms with E-state index in [0.29, 0.717) is 24.7 Å². The number of amides is 1. The number of hydrogen-bond donors (Lipinski definition) is 2. The van der Waals surface area contributed by atoms with Crippen LogP contribution in [0.15, 0.2) is 36.0 Å². The second-order valence-corrected chi connectivity index (χ2v) is 4.69. The van der Waals surface area contributed by atoms with Crippen molar-refractivity contribution in [2.75, 3.05) is 26.8 Å². The Bertz CT molecular complexity index is 521. The van der Waals surface area contributed by atoms with E-state index in [-0.39, 0.29) is 5.57 Å². The SMILES string of the molecule is COCCNC(=O)/C(C#N)=C\NCCc1ccc(Cl)cc1. The smallest absolute Gasteiger partial charge is 0.263 e. The van der Waals surface area contributed by atoms with E-state index >= 15 is 0 Å². The molecule has 0 aliphatic heterocycles. The standard InChI is InChI=1S/C15H18ClN3O2/c1-21-9-8-19-15(20)13(10-17)11-18-7-6-12-2-4-14(16)5-3-12/h2-5,11,18H,6-9H2,1H3,(H,19,20)/b13-11-. The molecule has 0 saturated carbocycles. The van der Waals surface area contributed by atoms with Gasteiger partial charge in [0.25, 0.3) is 5.91 Å². The van der Waals surface area contributed by atoms with Crippen molar-refractivity contribution >= 4 is 17.5 Å². The number of carbonyl (C=O) groups excluding carboxylic acids is 1. The van der Waals surface area contributed by atoms with E-state index in [0.717, 1.165) is 12.0 Å². The lowest BCUT2D eigenvalue weighted by Gasteiger charge is -2.05. The molecule has 0 saturated heterocycles. The topological polar surface area (TPSA) is 74.1 Å². The van der Waals surface area contributed by atoms with E-state index in [1.165, 1.54) is 6.20 Å². The zero-order valence-corrected chi connectivity index (χ0v) is 12.6. The lowest BCUT2D eigenvalue weighted by molar-refractivity contribution is -0.117. The summed E-state index contributed by atoms with van der Waals surface area (Å²) in [7, 11) is 1.55. The second kappa shape index (κ2) is 9.81. The van der Waals surface area contributed by atoms with E-state index in [9.17, 15) is 4.79 Å². The highest BCUT2D eigenvalue weighted by atomic mass is 35.5. The number of nitrogens with one attached hydrogen (secondary N) is 2. The molecule has 112 valence electrons. The molecule has 0 heterocycles. The van der Waals surface area contributed by atoms with Gasteiger partial charge in [-0.1, -0.05) is 23.7 Å². The molecule has 1 aromatic rings. The van der Waals surface area contributed by atoms with E-state index < -0.39 is 5.91 Å². The van der Waals surface area contributed by atoms with Crippen molar-refractivity contribution in [2.24, 2.45) is 0 Å². The third-order valence-electron chi connectivity index (χ3n) is 2.67. The first-order valence-electron chi connectivity index (χ1n) is 6.52. The van der Waals surface area contributed by atoms with Crippen molar-refractivity contribution in [3.63, 3.8) is 0 Å². The first-order valence-corrected chi connectivity index (χ1v) is 6.90. The number of methoxy groups -OCH3 is 1. The minimum absolute atomic E-state index is 0.0437. The van der Waals surface area contributed by atoms with Gasteiger partial charge in [0.05, 0.1) is 6.61 Å². The molecule has 5 nitrogen and oxygen atoms in total. The van der Waals surface area contributed by atoms with Gasteiger partial charge in [-0.3, -0.25) is 4.79 Å². The van der Waals surface area contributed by atoms with Crippen LogP contribution in [0.25, 0.3) is 0 Å². The maximum Gasteiger partial charge on any atom is 0.263 e. The Morgan fingerprint density at radius 1 is 1.38 bits per heavy atom. The Hall–Kier alpha value is -2.03. The number of carbonyl (C=O) groups is 1. The lowest BCUT2D eigenvalue weighted by Crippen LogP contribution is -2.28. The molecule has 0 radical (unpaired) electrons. The van der Waals surface area contributed by atoms with Crippen LogP contribution in [0.3, 0.4) is 0 Å². The summed E-state index contributed by atoms with van der Waals surface area (Å²) in [5, 5.41) is 15.2. The zero-order chi connectivity index (χ0) is 15.5. The molecular formula is C15H18ClN3O2. The fourth-order valence-corrected chi connectivity index (χ4v) is 1.68. The largest absolute Gasteiger partial charge is 0.389 e. The first kappa shape index (κ1) is 17.0. The van der Waals surface area contributed by atoms with Crippen LogP contribution >= 0.6 is 11.6 Å². The van der Waals surface area contributed by atoms with Crippen LogP contribution in [0.1, 0.15) is 5.56 Å². The summed E-state index contributed by atoms with van der Waals surface area (Å²) in [6, 6.07) is 9.40. The molecule has 6 heteroatoms. The van der Waals surface area contributed by atoms with E-state index in [4.69, 9.17) is 21.6 Å². The Morgan fingerprint density at radius 3 is 2.71 bits per heavy atom. The molecule has 0 atom stereocenters. The van der Waals surface area contributed by atoms with Gasteiger partial charge in [0.1, 0.15) is 11.6 Å². The van der Waals surface area contributed by atoms with Gasteiger partial charge in [-0.2, -0.15) is 5.26 Å². The van der Waals surface area contributed by atoms with Crippen LogP contribution in [0.4, 0.5) is 0 Å². The van der Waals surface area contributed by atoms with E-state index in [1.54, 1.807) is 7.11 Å². The number of nitriles is 1. The maximum atomic E-state index is 11.6. The summed E-state index contributed by atoms with van der Waals surface area (Å²) in [5.41, 5.74) is 1.17. The fraction of sp³-hybridized carbons (Fsp3) is 0.333. The third kappa shape index (κ3) is 6.80. The predicted molar refractivity (Wildman–Crippen MR) is 81.7 cm³/mol. The molecule has 0 bridgehead atoms. The van der Waals surface area contributed by atoms with Crippen LogP contribution in [-0.4, -0.2) is 32.7 Å². The summed E-state index contributed by atoms with van der Waals surface area (Å²) >= 11 is 5.81. The van der Waals surface area contributed by atoms with Crippen molar-refractivity contribution < 1.29 is 9.53 Å². The number of nitrogens with zero attached hydrogens (tertiary/aromatic N) is 1. The first-order chi connectivity index (χ1) is 10.2. The molecule has 2 N–H and O–H groups in total. The van der Waals surface area contributed by atoms with Crippen molar-refractivity contribution in [2.45, 2.75) is 6.42 Å². The molecule has 0 aliphatic carbocycles. The molecule has 0 spiro atoms. The van der Waals surface area contributed by atoms with Crippen molar-refractivity contribution in [3.8, 4) is 6.07 Å². The Labute approximate surface area is 129 Å². The fourth-order valence-electron chi connectivity index (χ4n) is 1.55. The van der Waals surface area contributed by atoms with Crippen LogP contribution in [0, 0.1) is 11.3 Å². The van der Waals surface area contributed by atoms with Gasteiger partial charge in [-0.15, -0.1) is 0 Å². The summed E-state index contributed by atoms with van der Waals surface area (Å²) in [4.78, 5) is 11.6. The van der Waals surface area contributed by atoms with Gasteiger partial charge in [0, 0.05) is 31.4 Å². The van der Waals surface area contributed by atoms with Gasteiger partial charge in [-0.25, -0.2) is 0 Å². The minimum atomic E-state index is -0.409. The quantitative estimate of drug-likeness (QED) is 0.435. The highest BCUT2D eigenvalue weighted by Gasteiger charge is 2.07. The predicted octanol–water partition coefficient (Wildman–Crippen LogP) is 1.64. The molecule has 1 rings (SSSR count). The van der Waals surface area contributed by atoms with Gasteiger partial charge in [-0.05, 0) is 24.1 Å². The molecule has 0 unspecified atom stereocenters. The number of rotatable bonds is 8. The molecule has 0 fully saturated rings. The number of hydrogen-bond acceptors (Lipinski definition) is 4. The van der Waals surface area contributed by atoms with Gasteiger partial charge in [0.15, 0.2) is 0 Å². The minimum Gasteiger partial charge on any atom is -0.389 e. The molecule has 0 aromatic heterocycles. The van der Waals surface area contributed by atoms with Crippen LogP contribution in [-0.2, 0) is 16.0 Å². The summed E-state index contributed by atoms with van der Waals surface area (Å²) in [5.74, 6) is -0.409. The highest BCUT2D eigenvalue weighted by Crippen LogP contribution is 2.09. The summed E-state index contributed by atoms with van der Waals surface area (Å²) in [6.07, 6.45) is 2.20. The monoisotopic (exact) mass is 307 g/mol. The number of ether oxygens (including phenoxy) is 1. The Balaban J connectivity index is 2.37. The average molecular weight is 308 g/mol. The Kier molecular flexibility index (Phi) is 7.95. The number of benzene rings is 1. The van der Waals surface area contributed by atoms with Crippen molar-refractivity contribution in [1.82, 2.24) is 10.6 Å². The van der Waals surface area contributed by atoms with Crippen LogP contribution < -0.4 is 10.6 Å². The van der Waals surface area contributed by atoms with Gasteiger partial charge >= 0.3 is 0 Å². The Morgan fingerprint density at radius 2 is 2.10 bits per heavy atom. The molecule has 1 aromatic carbocycles. The third-order valence-corrected chi connectivity index (χ3v) is 2.93. The zero-order valence-electron chi connectivity index (χ0n) is 11.9. The second-order valence-electron chi connectivity index (χ2n) is 4.25. The van der Waals surface area contributed by atoms with E-state index in [2.05, 4.69) is 10.6 Å². The molecule has 21 heavy (non-hydrogen) atoms. The van der Waals surface area contributed by atoms with E-state index in [1.807, 2.05) is 30.3 Å². The summed E-state index contributed by atoms with van der Waals surface area (Å²) < 4.78 is 4.82. The molecular weight excluding hydrogens is 290 g/mol. The summed E-state index contributed by atoms with van der Waals surface area (Å²) in [6.45, 7) is 1.41. The lowest BCUT2D eigenvalue weighted by atomic mass is 10.1.